The Morgan fingerprint density at radius 3 is 2.84 bits per heavy atom. The van der Waals surface area contributed by atoms with E-state index < -0.39 is 0 Å². The number of carbonyl (C=O) groups is 2. The lowest BCUT2D eigenvalue weighted by molar-refractivity contribution is -0.128. The number of benzene rings is 1. The summed E-state index contributed by atoms with van der Waals surface area (Å²) < 4.78 is 0. The molecule has 1 fully saturated rings. The summed E-state index contributed by atoms with van der Waals surface area (Å²) in [6, 6.07) is 11.5. The van der Waals surface area contributed by atoms with Crippen LogP contribution in [0.2, 0.25) is 0 Å². The van der Waals surface area contributed by atoms with Gasteiger partial charge in [-0.1, -0.05) is 30.3 Å². The number of aliphatic hydroxyl groups excluding tert-OH is 1. The topological polar surface area (TPSA) is 69.6 Å². The van der Waals surface area contributed by atoms with Gasteiger partial charge in [0.2, 0.25) is 11.8 Å². The number of rotatable bonds is 6. The van der Waals surface area contributed by atoms with Crippen LogP contribution in [0.3, 0.4) is 0 Å². The largest absolute Gasteiger partial charge is 0.392 e. The molecule has 3 rings (SSSR count). The standard InChI is InChI=1S/C19H20N2O3S/c22-12-15-8-17(25-13-15)6-7-18(23)20-16-9-19(24)21(11-16)10-14-4-2-1-3-5-14/h1-8,13,16,22H,9-12H2,(H,20,23). The second-order valence-corrected chi connectivity index (χ2v) is 6.96. The van der Waals surface area contributed by atoms with Crippen LogP contribution in [-0.4, -0.2) is 34.4 Å². The number of hydrogen-bond acceptors (Lipinski definition) is 4. The molecule has 0 aliphatic carbocycles. The second-order valence-electron chi connectivity index (χ2n) is 6.02. The normalized spacial score (nSPS) is 17.4. The van der Waals surface area contributed by atoms with E-state index >= 15 is 0 Å². The third-order valence-electron chi connectivity index (χ3n) is 4.03. The summed E-state index contributed by atoms with van der Waals surface area (Å²) in [6.45, 7) is 1.10. The Balaban J connectivity index is 1.51. The van der Waals surface area contributed by atoms with E-state index in [1.54, 1.807) is 11.0 Å². The van der Waals surface area contributed by atoms with Gasteiger partial charge in [0.1, 0.15) is 0 Å². The predicted octanol–water partition coefficient (Wildman–Crippen LogP) is 2.17. The molecular formula is C19H20N2O3S. The molecule has 2 aromatic rings. The van der Waals surface area contributed by atoms with E-state index in [1.165, 1.54) is 17.4 Å². The van der Waals surface area contributed by atoms with Crippen LogP contribution in [0, 0.1) is 0 Å². The Labute approximate surface area is 150 Å². The number of likely N-dealkylation sites (tertiary alicyclic amines) is 1. The molecular weight excluding hydrogens is 336 g/mol. The summed E-state index contributed by atoms with van der Waals surface area (Å²) in [5.41, 5.74) is 1.92. The van der Waals surface area contributed by atoms with E-state index in [0.717, 1.165) is 16.0 Å². The zero-order valence-corrected chi connectivity index (χ0v) is 14.5. The molecule has 2 heterocycles. The van der Waals surface area contributed by atoms with Crippen LogP contribution in [0.15, 0.2) is 47.9 Å². The van der Waals surface area contributed by atoms with Gasteiger partial charge >= 0.3 is 0 Å². The van der Waals surface area contributed by atoms with Crippen molar-refractivity contribution in [1.29, 1.82) is 0 Å². The van der Waals surface area contributed by atoms with E-state index in [9.17, 15) is 9.59 Å². The summed E-state index contributed by atoms with van der Waals surface area (Å²) >= 11 is 1.47. The third kappa shape index (κ3) is 4.78. The van der Waals surface area contributed by atoms with Gasteiger partial charge in [0, 0.05) is 30.5 Å². The summed E-state index contributed by atoms with van der Waals surface area (Å²) in [6.07, 6.45) is 3.52. The summed E-state index contributed by atoms with van der Waals surface area (Å²) in [5, 5.41) is 13.8. The minimum absolute atomic E-state index is 0.00201. The van der Waals surface area contributed by atoms with Crippen LogP contribution in [-0.2, 0) is 22.7 Å². The van der Waals surface area contributed by atoms with Gasteiger partial charge in [-0.05, 0) is 28.6 Å². The maximum absolute atomic E-state index is 12.1. The van der Waals surface area contributed by atoms with E-state index in [0.29, 0.717) is 19.5 Å². The molecule has 1 aliphatic heterocycles. The lowest BCUT2D eigenvalue weighted by Gasteiger charge is -2.16. The number of carbonyl (C=O) groups excluding carboxylic acids is 2. The van der Waals surface area contributed by atoms with E-state index in [-0.39, 0.29) is 24.5 Å². The van der Waals surface area contributed by atoms with Crippen molar-refractivity contribution < 1.29 is 14.7 Å². The summed E-state index contributed by atoms with van der Waals surface area (Å²) in [7, 11) is 0. The number of aliphatic hydroxyl groups is 1. The third-order valence-corrected chi connectivity index (χ3v) is 4.98. The first-order valence-electron chi connectivity index (χ1n) is 8.12. The number of amides is 2. The highest BCUT2D eigenvalue weighted by molar-refractivity contribution is 7.11. The van der Waals surface area contributed by atoms with Crippen LogP contribution in [0.25, 0.3) is 6.08 Å². The molecule has 1 atom stereocenters. The summed E-state index contributed by atoms with van der Waals surface area (Å²) in [5.74, 6) is -0.151. The Bertz CT molecular complexity index is 770. The molecule has 130 valence electrons. The van der Waals surface area contributed by atoms with Gasteiger partial charge < -0.3 is 15.3 Å². The van der Waals surface area contributed by atoms with Crippen LogP contribution < -0.4 is 5.32 Å². The second kappa shape index (κ2) is 8.09. The zero-order valence-electron chi connectivity index (χ0n) is 13.7. The fourth-order valence-corrected chi connectivity index (χ4v) is 3.59. The molecule has 0 bridgehead atoms. The Kier molecular flexibility index (Phi) is 5.63. The zero-order chi connectivity index (χ0) is 17.6. The van der Waals surface area contributed by atoms with Crippen molar-refractivity contribution in [1.82, 2.24) is 10.2 Å². The summed E-state index contributed by atoms with van der Waals surface area (Å²) in [4.78, 5) is 26.9. The average molecular weight is 356 g/mol. The molecule has 2 amide bonds. The fraction of sp³-hybridized carbons (Fsp3) is 0.263. The van der Waals surface area contributed by atoms with Crippen LogP contribution in [0.4, 0.5) is 0 Å². The van der Waals surface area contributed by atoms with Gasteiger partial charge in [0.15, 0.2) is 0 Å². The SMILES string of the molecule is O=C(C=Cc1cc(CO)cs1)NC1CC(=O)N(Cc2ccccc2)C1. The molecule has 25 heavy (non-hydrogen) atoms. The van der Waals surface area contributed by atoms with Gasteiger partial charge in [0.25, 0.3) is 0 Å². The number of thiophene rings is 1. The molecule has 1 unspecified atom stereocenters. The molecule has 1 aliphatic rings. The highest BCUT2D eigenvalue weighted by Crippen LogP contribution is 2.17. The van der Waals surface area contributed by atoms with Crippen LogP contribution in [0.5, 0.6) is 0 Å². The van der Waals surface area contributed by atoms with Crippen LogP contribution in [0.1, 0.15) is 22.4 Å². The highest BCUT2D eigenvalue weighted by Gasteiger charge is 2.30. The fourth-order valence-electron chi connectivity index (χ4n) is 2.80. The smallest absolute Gasteiger partial charge is 0.244 e. The number of nitrogens with zero attached hydrogens (tertiary/aromatic N) is 1. The van der Waals surface area contributed by atoms with Crippen molar-refractivity contribution in [3.05, 3.63) is 63.9 Å². The molecule has 1 aromatic carbocycles. The van der Waals surface area contributed by atoms with Crippen molar-refractivity contribution in [2.24, 2.45) is 0 Å². The van der Waals surface area contributed by atoms with E-state index in [2.05, 4.69) is 5.32 Å². The van der Waals surface area contributed by atoms with Gasteiger partial charge in [-0.15, -0.1) is 11.3 Å². The van der Waals surface area contributed by atoms with E-state index in [1.807, 2.05) is 41.8 Å². The molecule has 1 saturated heterocycles. The monoisotopic (exact) mass is 356 g/mol. The van der Waals surface area contributed by atoms with Crippen molar-refractivity contribution in [3.8, 4) is 0 Å². The maximum atomic E-state index is 12.1. The van der Waals surface area contributed by atoms with Crippen LogP contribution >= 0.6 is 11.3 Å². The molecule has 2 N–H and O–H groups in total. The van der Waals surface area contributed by atoms with Gasteiger partial charge in [-0.3, -0.25) is 9.59 Å². The lowest BCUT2D eigenvalue weighted by Crippen LogP contribution is -2.36. The Morgan fingerprint density at radius 2 is 2.12 bits per heavy atom. The van der Waals surface area contributed by atoms with Crippen molar-refractivity contribution in [2.75, 3.05) is 6.54 Å². The quantitative estimate of drug-likeness (QED) is 0.780. The molecule has 0 saturated carbocycles. The molecule has 0 spiro atoms. The maximum Gasteiger partial charge on any atom is 0.244 e. The van der Waals surface area contributed by atoms with Crippen molar-refractivity contribution >= 4 is 29.2 Å². The lowest BCUT2D eigenvalue weighted by atomic mass is 10.2. The Morgan fingerprint density at radius 1 is 1.32 bits per heavy atom. The number of hydrogen-bond donors (Lipinski definition) is 2. The van der Waals surface area contributed by atoms with Gasteiger partial charge in [-0.25, -0.2) is 0 Å². The van der Waals surface area contributed by atoms with E-state index in [4.69, 9.17) is 5.11 Å². The molecule has 6 heteroatoms. The van der Waals surface area contributed by atoms with Gasteiger partial charge in [0.05, 0.1) is 12.6 Å². The first-order valence-corrected chi connectivity index (χ1v) is 9.00. The molecule has 0 radical (unpaired) electrons. The Hall–Kier alpha value is -2.44. The first-order chi connectivity index (χ1) is 12.1. The highest BCUT2D eigenvalue weighted by atomic mass is 32.1. The minimum atomic E-state index is -0.210. The predicted molar refractivity (Wildman–Crippen MR) is 97.7 cm³/mol. The average Bonchev–Trinajstić information content (AvgIpc) is 3.21. The number of nitrogens with one attached hydrogen (secondary N) is 1. The first kappa shape index (κ1) is 17.4. The minimum Gasteiger partial charge on any atom is -0.392 e. The van der Waals surface area contributed by atoms with Gasteiger partial charge in [-0.2, -0.15) is 0 Å². The van der Waals surface area contributed by atoms with Crippen molar-refractivity contribution in [2.45, 2.75) is 25.6 Å². The van der Waals surface area contributed by atoms with Crippen molar-refractivity contribution in [3.63, 3.8) is 0 Å². The molecule has 1 aromatic heterocycles. The molecule has 5 nitrogen and oxygen atoms in total.